The number of aryl methyl sites for hydroxylation is 1. The number of pyridine rings is 1. The molecule has 3 aromatic heterocycles. The molecule has 0 unspecified atom stereocenters. The van der Waals surface area contributed by atoms with Crippen LogP contribution in [-0.2, 0) is 4.74 Å². The summed E-state index contributed by atoms with van der Waals surface area (Å²) in [5.41, 5.74) is 2.18. The predicted molar refractivity (Wildman–Crippen MR) is 138 cm³/mol. The average Bonchev–Trinajstić information content (AvgIpc) is 3.49. The SMILES string of the molecule is COCC=Cc1cn2ncc(C(=O)Nc3cc(C(=O)NCCN4CCCC4(C)C)cnc3C)c2s1. The predicted octanol–water partition coefficient (Wildman–Crippen LogP) is 3.62. The highest BCUT2D eigenvalue weighted by molar-refractivity contribution is 7.18. The Hall–Kier alpha value is -3.08. The number of thiazole rings is 1. The van der Waals surface area contributed by atoms with Crippen molar-refractivity contribution in [2.75, 3.05) is 38.7 Å². The monoisotopic (exact) mass is 496 g/mol. The van der Waals surface area contributed by atoms with Crippen LogP contribution in [0.4, 0.5) is 5.69 Å². The second kappa shape index (κ2) is 10.7. The summed E-state index contributed by atoms with van der Waals surface area (Å²) < 4.78 is 6.72. The van der Waals surface area contributed by atoms with Crippen molar-refractivity contribution in [2.24, 2.45) is 0 Å². The van der Waals surface area contributed by atoms with Crippen LogP contribution in [0.25, 0.3) is 10.9 Å². The molecule has 4 heterocycles. The summed E-state index contributed by atoms with van der Waals surface area (Å²) in [5.74, 6) is -0.503. The first-order valence-corrected chi connectivity index (χ1v) is 12.5. The van der Waals surface area contributed by atoms with Gasteiger partial charge in [0.1, 0.15) is 4.83 Å². The van der Waals surface area contributed by atoms with E-state index in [9.17, 15) is 9.59 Å². The van der Waals surface area contributed by atoms with E-state index in [0.29, 0.717) is 35.7 Å². The number of anilines is 1. The van der Waals surface area contributed by atoms with Crippen molar-refractivity contribution in [1.82, 2.24) is 24.8 Å². The van der Waals surface area contributed by atoms with Crippen LogP contribution in [0.5, 0.6) is 0 Å². The van der Waals surface area contributed by atoms with E-state index in [4.69, 9.17) is 4.74 Å². The van der Waals surface area contributed by atoms with E-state index >= 15 is 0 Å². The Morgan fingerprint density at radius 3 is 2.86 bits per heavy atom. The molecule has 10 heteroatoms. The van der Waals surface area contributed by atoms with Gasteiger partial charge in [-0.05, 0) is 52.3 Å². The number of amides is 2. The van der Waals surface area contributed by atoms with Gasteiger partial charge in [-0.2, -0.15) is 5.10 Å². The topological polar surface area (TPSA) is 101 Å². The van der Waals surface area contributed by atoms with Gasteiger partial charge >= 0.3 is 0 Å². The molecule has 1 saturated heterocycles. The van der Waals surface area contributed by atoms with Crippen LogP contribution in [0.1, 0.15) is 58.0 Å². The molecule has 2 N–H and O–H groups in total. The second-order valence-corrected chi connectivity index (χ2v) is 10.3. The van der Waals surface area contributed by atoms with E-state index < -0.39 is 0 Å². The number of hydrogen-bond acceptors (Lipinski definition) is 7. The molecule has 186 valence electrons. The molecule has 0 saturated carbocycles. The summed E-state index contributed by atoms with van der Waals surface area (Å²) in [6.45, 7) is 9.22. The Labute approximate surface area is 209 Å². The quantitative estimate of drug-likeness (QED) is 0.469. The molecular formula is C25H32N6O3S. The molecular weight excluding hydrogens is 464 g/mol. The van der Waals surface area contributed by atoms with Gasteiger partial charge < -0.3 is 15.4 Å². The van der Waals surface area contributed by atoms with E-state index in [0.717, 1.165) is 22.8 Å². The van der Waals surface area contributed by atoms with Gasteiger partial charge in [-0.25, -0.2) is 4.52 Å². The highest BCUT2D eigenvalue weighted by Crippen LogP contribution is 2.27. The first kappa shape index (κ1) is 25.0. The number of nitrogens with zero attached hydrogens (tertiary/aromatic N) is 4. The zero-order valence-electron chi connectivity index (χ0n) is 20.6. The Kier molecular flexibility index (Phi) is 7.63. The summed E-state index contributed by atoms with van der Waals surface area (Å²) in [4.78, 5) is 34.2. The minimum Gasteiger partial charge on any atom is -0.381 e. The van der Waals surface area contributed by atoms with Crippen LogP contribution < -0.4 is 10.6 Å². The summed E-state index contributed by atoms with van der Waals surface area (Å²) in [6, 6.07) is 1.67. The number of carbonyl (C=O) groups excluding carboxylic acids is 2. The fraction of sp³-hybridized carbons (Fsp3) is 0.440. The van der Waals surface area contributed by atoms with Crippen molar-refractivity contribution >= 4 is 39.7 Å². The lowest BCUT2D eigenvalue weighted by atomic mass is 10.0. The smallest absolute Gasteiger partial charge is 0.260 e. The molecule has 0 atom stereocenters. The number of methoxy groups -OCH3 is 1. The molecule has 0 bridgehead atoms. The third kappa shape index (κ3) is 5.77. The Balaban J connectivity index is 1.41. The number of likely N-dealkylation sites (tertiary alicyclic amines) is 1. The van der Waals surface area contributed by atoms with Crippen molar-refractivity contribution in [3.63, 3.8) is 0 Å². The van der Waals surface area contributed by atoms with Crippen LogP contribution in [0.2, 0.25) is 0 Å². The number of fused-ring (bicyclic) bond motifs is 1. The van der Waals surface area contributed by atoms with E-state index in [2.05, 4.69) is 39.5 Å². The lowest BCUT2D eigenvalue weighted by Crippen LogP contribution is -2.43. The lowest BCUT2D eigenvalue weighted by molar-refractivity contribution is 0.0938. The van der Waals surface area contributed by atoms with Gasteiger partial charge in [0.2, 0.25) is 0 Å². The minimum atomic E-state index is -0.298. The number of nitrogens with one attached hydrogen (secondary N) is 2. The number of carbonyl (C=O) groups is 2. The molecule has 0 aromatic carbocycles. The maximum absolute atomic E-state index is 13.0. The number of rotatable bonds is 9. The number of ether oxygens (including phenoxy) is 1. The summed E-state index contributed by atoms with van der Waals surface area (Å²) >= 11 is 1.46. The zero-order chi connectivity index (χ0) is 25.0. The molecule has 35 heavy (non-hydrogen) atoms. The highest BCUT2D eigenvalue weighted by atomic mass is 32.1. The van der Waals surface area contributed by atoms with Crippen LogP contribution in [0.15, 0.2) is 30.7 Å². The largest absolute Gasteiger partial charge is 0.381 e. The normalized spacial score (nSPS) is 15.8. The minimum absolute atomic E-state index is 0.177. The number of hydrogen-bond donors (Lipinski definition) is 2. The standard InChI is InChI=1S/C25H32N6O3S/c1-17-21(13-18(14-27-17)22(32)26-9-11-30-10-6-8-25(30,2)3)29-23(33)20-15-28-31-16-19(35-24(20)31)7-5-12-34-4/h5,7,13-16H,6,8-12H2,1-4H3,(H,26,32)(H,29,33). The maximum atomic E-state index is 13.0. The lowest BCUT2D eigenvalue weighted by Gasteiger charge is -2.31. The third-order valence-electron chi connectivity index (χ3n) is 6.34. The van der Waals surface area contributed by atoms with Crippen LogP contribution in [0.3, 0.4) is 0 Å². The summed E-state index contributed by atoms with van der Waals surface area (Å²) in [5, 5.41) is 10.2. The molecule has 0 spiro atoms. The molecule has 1 aliphatic rings. The first-order valence-electron chi connectivity index (χ1n) is 11.7. The van der Waals surface area contributed by atoms with Gasteiger partial charge in [0.05, 0.1) is 35.3 Å². The Morgan fingerprint density at radius 1 is 1.29 bits per heavy atom. The molecule has 0 aliphatic carbocycles. The number of aromatic nitrogens is 3. The van der Waals surface area contributed by atoms with Crippen molar-refractivity contribution in [1.29, 1.82) is 0 Å². The zero-order valence-corrected chi connectivity index (χ0v) is 21.4. The third-order valence-corrected chi connectivity index (χ3v) is 7.42. The van der Waals surface area contributed by atoms with Crippen molar-refractivity contribution in [3.05, 3.63) is 52.4 Å². The van der Waals surface area contributed by atoms with Gasteiger partial charge in [0.25, 0.3) is 11.8 Å². The second-order valence-electron chi connectivity index (χ2n) is 9.27. The molecule has 1 fully saturated rings. The van der Waals surface area contributed by atoms with Gasteiger partial charge in [-0.3, -0.25) is 19.5 Å². The van der Waals surface area contributed by atoms with E-state index in [-0.39, 0.29) is 17.4 Å². The molecule has 3 aromatic rings. The van der Waals surface area contributed by atoms with E-state index in [1.165, 1.54) is 30.4 Å². The first-order chi connectivity index (χ1) is 16.8. The van der Waals surface area contributed by atoms with Crippen molar-refractivity contribution in [2.45, 2.75) is 39.2 Å². The molecule has 1 aliphatic heterocycles. The van der Waals surface area contributed by atoms with Gasteiger partial charge in [0, 0.05) is 43.0 Å². The maximum Gasteiger partial charge on any atom is 0.260 e. The van der Waals surface area contributed by atoms with Gasteiger partial charge in [-0.1, -0.05) is 6.08 Å². The van der Waals surface area contributed by atoms with Crippen molar-refractivity contribution in [3.8, 4) is 0 Å². The fourth-order valence-corrected chi connectivity index (χ4v) is 5.24. The highest BCUT2D eigenvalue weighted by Gasteiger charge is 2.31. The average molecular weight is 497 g/mol. The van der Waals surface area contributed by atoms with Crippen molar-refractivity contribution < 1.29 is 14.3 Å². The molecule has 4 rings (SSSR count). The molecule has 9 nitrogen and oxygen atoms in total. The summed E-state index contributed by atoms with van der Waals surface area (Å²) in [6.07, 6.45) is 11.1. The molecule has 2 amide bonds. The fourth-order valence-electron chi connectivity index (χ4n) is 4.25. The van der Waals surface area contributed by atoms with Crippen LogP contribution >= 0.6 is 11.3 Å². The van der Waals surface area contributed by atoms with Gasteiger partial charge in [-0.15, -0.1) is 11.3 Å². The van der Waals surface area contributed by atoms with Crippen LogP contribution in [0, 0.1) is 6.92 Å². The molecule has 0 radical (unpaired) electrons. The summed E-state index contributed by atoms with van der Waals surface area (Å²) in [7, 11) is 1.64. The Morgan fingerprint density at radius 2 is 2.11 bits per heavy atom. The Bertz CT molecular complexity index is 1250. The van der Waals surface area contributed by atoms with Crippen LogP contribution in [-0.4, -0.2) is 70.2 Å². The van der Waals surface area contributed by atoms with E-state index in [1.54, 1.807) is 30.8 Å². The van der Waals surface area contributed by atoms with Gasteiger partial charge in [0.15, 0.2) is 0 Å². The van der Waals surface area contributed by atoms with E-state index in [1.807, 2.05) is 18.3 Å².